The van der Waals surface area contributed by atoms with Gasteiger partial charge in [0.25, 0.3) is 0 Å². The van der Waals surface area contributed by atoms with Gasteiger partial charge in [0, 0.05) is 6.07 Å². The molecule has 0 saturated heterocycles. The first kappa shape index (κ1) is 14.0. The molecule has 1 aliphatic rings. The molecule has 2 aromatic rings. The summed E-state index contributed by atoms with van der Waals surface area (Å²) in [4.78, 5) is -0.676. The normalized spacial score (nSPS) is 14.0. The van der Waals surface area contributed by atoms with E-state index >= 15 is 0 Å². The van der Waals surface area contributed by atoms with Crippen LogP contribution in [0.4, 0.5) is 8.78 Å². The lowest BCUT2D eigenvalue weighted by molar-refractivity contribution is 0.474. The van der Waals surface area contributed by atoms with Gasteiger partial charge in [-0.3, -0.25) is 0 Å². The third-order valence-corrected chi connectivity index (χ3v) is 4.72. The molecule has 0 aliphatic heterocycles. The van der Waals surface area contributed by atoms with Crippen LogP contribution in [0, 0.1) is 11.6 Å². The minimum Gasteiger partial charge on any atom is -0.379 e. The zero-order valence-electron chi connectivity index (χ0n) is 11.0. The van der Waals surface area contributed by atoms with E-state index in [9.17, 15) is 17.2 Å². The molecule has 1 aliphatic carbocycles. The van der Waals surface area contributed by atoms with Crippen LogP contribution in [-0.2, 0) is 23.0 Å². The summed E-state index contributed by atoms with van der Waals surface area (Å²) in [5.41, 5.74) is 2.22. The summed E-state index contributed by atoms with van der Waals surface area (Å²) >= 11 is 0. The van der Waals surface area contributed by atoms with Crippen LogP contribution >= 0.6 is 0 Å². The fourth-order valence-electron chi connectivity index (χ4n) is 2.45. The zero-order valence-corrected chi connectivity index (χ0v) is 11.8. The van der Waals surface area contributed by atoms with E-state index in [0.717, 1.165) is 37.0 Å². The summed E-state index contributed by atoms with van der Waals surface area (Å²) in [5, 5.41) is 0. The van der Waals surface area contributed by atoms with E-state index in [-0.39, 0.29) is 5.75 Å². The number of benzene rings is 2. The molecule has 0 radical (unpaired) electrons. The van der Waals surface area contributed by atoms with Crippen molar-refractivity contribution < 1.29 is 21.4 Å². The van der Waals surface area contributed by atoms with Crippen LogP contribution in [0.2, 0.25) is 0 Å². The third-order valence-electron chi connectivity index (χ3n) is 3.44. The van der Waals surface area contributed by atoms with Crippen molar-refractivity contribution in [1.82, 2.24) is 0 Å². The number of rotatable bonds is 3. The predicted molar refractivity (Wildman–Crippen MR) is 72.6 cm³/mol. The molecule has 0 saturated carbocycles. The maximum Gasteiger partial charge on any atom is 0.342 e. The summed E-state index contributed by atoms with van der Waals surface area (Å²) in [6.45, 7) is 0. The zero-order chi connectivity index (χ0) is 15.0. The van der Waals surface area contributed by atoms with E-state index < -0.39 is 26.6 Å². The van der Waals surface area contributed by atoms with Gasteiger partial charge in [-0.05, 0) is 54.7 Å². The largest absolute Gasteiger partial charge is 0.379 e. The lowest BCUT2D eigenvalue weighted by Crippen LogP contribution is -2.12. The molecule has 0 unspecified atom stereocenters. The van der Waals surface area contributed by atoms with Crippen molar-refractivity contribution in [1.29, 1.82) is 0 Å². The first-order valence-electron chi connectivity index (χ1n) is 6.47. The Labute approximate surface area is 121 Å². The number of aryl methyl sites for hydroxylation is 2. The van der Waals surface area contributed by atoms with Crippen molar-refractivity contribution in [3.8, 4) is 5.75 Å². The van der Waals surface area contributed by atoms with Crippen LogP contribution in [0.1, 0.15) is 17.5 Å². The van der Waals surface area contributed by atoms with Crippen LogP contribution in [0.3, 0.4) is 0 Å². The van der Waals surface area contributed by atoms with E-state index in [4.69, 9.17) is 4.18 Å². The minimum atomic E-state index is -4.32. The van der Waals surface area contributed by atoms with Gasteiger partial charge in [-0.2, -0.15) is 8.42 Å². The van der Waals surface area contributed by atoms with Gasteiger partial charge in [-0.1, -0.05) is 6.07 Å². The monoisotopic (exact) mass is 310 g/mol. The van der Waals surface area contributed by atoms with E-state index in [1.54, 1.807) is 12.1 Å². The summed E-state index contributed by atoms with van der Waals surface area (Å²) < 4.78 is 55.4. The lowest BCUT2D eigenvalue weighted by Gasteiger charge is -2.09. The van der Waals surface area contributed by atoms with Gasteiger partial charge < -0.3 is 4.18 Å². The SMILES string of the molecule is O=S(=O)(Oc1ccc2c(c1)CCC2)c1ccc(F)cc1F. The van der Waals surface area contributed by atoms with Crippen molar-refractivity contribution in [2.75, 3.05) is 0 Å². The van der Waals surface area contributed by atoms with Crippen molar-refractivity contribution in [3.63, 3.8) is 0 Å². The molecule has 0 amide bonds. The fourth-order valence-corrected chi connectivity index (χ4v) is 3.43. The Morgan fingerprint density at radius 2 is 1.71 bits per heavy atom. The van der Waals surface area contributed by atoms with Crippen LogP contribution in [0.15, 0.2) is 41.3 Å². The highest BCUT2D eigenvalue weighted by atomic mass is 32.2. The standard InChI is InChI=1S/C15H12F2O3S/c16-12-5-7-15(14(17)9-12)21(18,19)20-13-6-4-10-2-1-3-11(10)8-13/h4-9H,1-3H2. The van der Waals surface area contributed by atoms with Gasteiger partial charge in [0.15, 0.2) is 0 Å². The second kappa shape index (κ2) is 5.11. The highest BCUT2D eigenvalue weighted by Gasteiger charge is 2.22. The van der Waals surface area contributed by atoms with Gasteiger partial charge in [-0.15, -0.1) is 0 Å². The first-order chi connectivity index (χ1) is 9.95. The Balaban J connectivity index is 1.92. The van der Waals surface area contributed by atoms with Crippen LogP contribution in [0.5, 0.6) is 5.75 Å². The summed E-state index contributed by atoms with van der Waals surface area (Å²) in [5.74, 6) is -1.88. The molecule has 3 nitrogen and oxygen atoms in total. The highest BCUT2D eigenvalue weighted by molar-refractivity contribution is 7.87. The molecule has 0 aromatic heterocycles. The molecule has 21 heavy (non-hydrogen) atoms. The molecule has 6 heteroatoms. The second-order valence-electron chi connectivity index (χ2n) is 4.90. The van der Waals surface area contributed by atoms with E-state index in [0.29, 0.717) is 6.07 Å². The molecule has 2 aromatic carbocycles. The Kier molecular flexibility index (Phi) is 3.41. The van der Waals surface area contributed by atoms with Crippen molar-refractivity contribution in [3.05, 3.63) is 59.2 Å². The van der Waals surface area contributed by atoms with Crippen molar-refractivity contribution in [2.45, 2.75) is 24.2 Å². The van der Waals surface area contributed by atoms with E-state index in [2.05, 4.69) is 0 Å². The topological polar surface area (TPSA) is 43.4 Å². The summed E-state index contributed by atoms with van der Waals surface area (Å²) in [7, 11) is -4.32. The first-order valence-corrected chi connectivity index (χ1v) is 7.88. The average Bonchev–Trinajstić information content (AvgIpc) is 2.85. The Hall–Kier alpha value is -1.95. The van der Waals surface area contributed by atoms with Crippen molar-refractivity contribution in [2.24, 2.45) is 0 Å². The summed E-state index contributed by atoms with van der Waals surface area (Å²) in [6, 6.07) is 7.26. The number of halogens is 2. The summed E-state index contributed by atoms with van der Waals surface area (Å²) in [6.07, 6.45) is 2.87. The van der Waals surface area contributed by atoms with Gasteiger partial charge in [0.05, 0.1) is 0 Å². The Morgan fingerprint density at radius 1 is 0.952 bits per heavy atom. The van der Waals surface area contributed by atoms with Crippen LogP contribution in [0.25, 0.3) is 0 Å². The molecule has 3 rings (SSSR count). The molecule has 0 heterocycles. The molecule has 0 N–H and O–H groups in total. The molecular weight excluding hydrogens is 298 g/mol. The Bertz CT molecular complexity index is 801. The Morgan fingerprint density at radius 3 is 2.48 bits per heavy atom. The maximum absolute atomic E-state index is 13.6. The molecule has 0 fully saturated rings. The number of fused-ring (bicyclic) bond motifs is 1. The maximum atomic E-state index is 13.6. The van der Waals surface area contributed by atoms with Gasteiger partial charge in [0.1, 0.15) is 22.3 Å². The minimum absolute atomic E-state index is 0.138. The lowest BCUT2D eigenvalue weighted by atomic mass is 10.1. The van der Waals surface area contributed by atoms with Crippen molar-refractivity contribution >= 4 is 10.1 Å². The van der Waals surface area contributed by atoms with Crippen LogP contribution in [-0.4, -0.2) is 8.42 Å². The highest BCUT2D eigenvalue weighted by Crippen LogP contribution is 2.28. The van der Waals surface area contributed by atoms with Crippen LogP contribution < -0.4 is 4.18 Å². The molecular formula is C15H12F2O3S. The fraction of sp³-hybridized carbons (Fsp3) is 0.200. The van der Waals surface area contributed by atoms with Gasteiger partial charge >= 0.3 is 10.1 Å². The van der Waals surface area contributed by atoms with E-state index in [1.165, 1.54) is 5.56 Å². The van der Waals surface area contributed by atoms with Gasteiger partial charge in [-0.25, -0.2) is 8.78 Å². The van der Waals surface area contributed by atoms with E-state index in [1.807, 2.05) is 6.07 Å². The molecule has 110 valence electrons. The predicted octanol–water partition coefficient (Wildman–Crippen LogP) is 3.22. The quantitative estimate of drug-likeness (QED) is 0.818. The number of hydrogen-bond donors (Lipinski definition) is 0. The molecule has 0 bridgehead atoms. The smallest absolute Gasteiger partial charge is 0.342 e. The average molecular weight is 310 g/mol. The van der Waals surface area contributed by atoms with Gasteiger partial charge in [0.2, 0.25) is 0 Å². The molecule has 0 spiro atoms. The second-order valence-corrected chi connectivity index (χ2v) is 6.41. The number of hydrogen-bond acceptors (Lipinski definition) is 3. The third kappa shape index (κ3) is 2.76. The molecule has 0 atom stereocenters.